The number of nitrogens with one attached hydrogen (secondary N) is 1. The normalized spacial score (nSPS) is 11.6. The second-order valence-electron chi connectivity index (χ2n) is 3.73. The molecule has 18 heavy (non-hydrogen) atoms. The summed E-state index contributed by atoms with van der Waals surface area (Å²) < 4.78 is 27.6. The molecule has 0 radical (unpaired) electrons. The Morgan fingerprint density at radius 1 is 1.17 bits per heavy atom. The van der Waals surface area contributed by atoms with Crippen molar-refractivity contribution in [2.24, 2.45) is 0 Å². The van der Waals surface area contributed by atoms with E-state index in [-0.39, 0.29) is 11.4 Å². The molecule has 0 bridgehead atoms. The highest BCUT2D eigenvalue weighted by molar-refractivity contribution is 9.10. The molecular weight excluding hydrogens is 314 g/mol. The zero-order valence-electron chi connectivity index (χ0n) is 9.56. The van der Waals surface area contributed by atoms with Gasteiger partial charge in [0, 0.05) is 16.4 Å². The molecule has 2 aromatic rings. The molecule has 0 aliphatic rings. The molecule has 0 spiro atoms. The largest absolute Gasteiger partial charge is 0.241 e. The Balaban J connectivity index is 2.66. The molecule has 0 unspecified atom stereocenters. The molecular formula is C13H12BrNO2S. The van der Waals surface area contributed by atoms with E-state index in [2.05, 4.69) is 27.2 Å². The SMILES string of the molecule is C=CCNS(=O)(=O)c1ccc(Br)c2ccccc12. The van der Waals surface area contributed by atoms with Crippen LogP contribution in [0.5, 0.6) is 0 Å². The third-order valence-electron chi connectivity index (χ3n) is 2.54. The van der Waals surface area contributed by atoms with Gasteiger partial charge in [-0.25, -0.2) is 13.1 Å². The van der Waals surface area contributed by atoms with Gasteiger partial charge in [0.05, 0.1) is 4.90 Å². The fraction of sp³-hybridized carbons (Fsp3) is 0.0769. The van der Waals surface area contributed by atoms with Crippen LogP contribution < -0.4 is 4.72 Å². The molecule has 0 atom stereocenters. The molecule has 0 aromatic heterocycles. The summed E-state index contributed by atoms with van der Waals surface area (Å²) in [4.78, 5) is 0.281. The Hall–Kier alpha value is -1.17. The molecule has 0 aliphatic heterocycles. The molecule has 5 heteroatoms. The maximum Gasteiger partial charge on any atom is 0.241 e. The fourth-order valence-corrected chi connectivity index (χ4v) is 3.40. The third-order valence-corrected chi connectivity index (χ3v) is 4.71. The maximum absolute atomic E-state index is 12.1. The molecule has 0 saturated carbocycles. The van der Waals surface area contributed by atoms with Gasteiger partial charge in [-0.1, -0.05) is 46.3 Å². The highest BCUT2D eigenvalue weighted by Gasteiger charge is 2.16. The van der Waals surface area contributed by atoms with E-state index in [0.717, 1.165) is 9.86 Å². The first-order valence-electron chi connectivity index (χ1n) is 5.34. The Morgan fingerprint density at radius 3 is 2.50 bits per heavy atom. The maximum atomic E-state index is 12.1. The first kappa shape index (κ1) is 13.3. The Labute approximate surface area is 115 Å². The second-order valence-corrected chi connectivity index (χ2v) is 6.32. The molecule has 2 aromatic carbocycles. The minimum Gasteiger partial charge on any atom is -0.207 e. The standard InChI is InChI=1S/C13H12BrNO2S/c1-2-9-15-18(16,17)13-8-7-12(14)10-5-3-4-6-11(10)13/h2-8,15H,1,9H2. The van der Waals surface area contributed by atoms with Crippen LogP contribution in [0, 0.1) is 0 Å². The molecule has 0 amide bonds. The van der Waals surface area contributed by atoms with Crippen molar-refractivity contribution in [3.05, 3.63) is 53.5 Å². The van der Waals surface area contributed by atoms with Crippen molar-refractivity contribution < 1.29 is 8.42 Å². The van der Waals surface area contributed by atoms with Crippen LogP contribution in [0.4, 0.5) is 0 Å². The van der Waals surface area contributed by atoms with Crippen molar-refractivity contribution in [3.8, 4) is 0 Å². The van der Waals surface area contributed by atoms with Gasteiger partial charge in [0.15, 0.2) is 0 Å². The second kappa shape index (κ2) is 5.22. The van der Waals surface area contributed by atoms with Gasteiger partial charge in [-0.05, 0) is 17.5 Å². The van der Waals surface area contributed by atoms with E-state index in [9.17, 15) is 8.42 Å². The Bertz CT molecular complexity index is 695. The molecule has 3 nitrogen and oxygen atoms in total. The third kappa shape index (κ3) is 2.48. The van der Waals surface area contributed by atoms with Crippen LogP contribution in [0.3, 0.4) is 0 Å². The van der Waals surface area contributed by atoms with E-state index < -0.39 is 10.0 Å². The van der Waals surface area contributed by atoms with Gasteiger partial charge in [-0.15, -0.1) is 6.58 Å². The summed E-state index contributed by atoms with van der Waals surface area (Å²) in [6, 6.07) is 10.7. The van der Waals surface area contributed by atoms with Crippen molar-refractivity contribution in [1.82, 2.24) is 4.72 Å². The number of halogens is 1. The van der Waals surface area contributed by atoms with Crippen LogP contribution in [0.1, 0.15) is 0 Å². The molecule has 0 aliphatic carbocycles. The van der Waals surface area contributed by atoms with Gasteiger partial charge < -0.3 is 0 Å². The summed E-state index contributed by atoms with van der Waals surface area (Å²) in [5.41, 5.74) is 0. The predicted octanol–water partition coefficient (Wildman–Crippen LogP) is 3.07. The van der Waals surface area contributed by atoms with E-state index >= 15 is 0 Å². The molecule has 0 fully saturated rings. The summed E-state index contributed by atoms with van der Waals surface area (Å²) in [5, 5.41) is 1.57. The highest BCUT2D eigenvalue weighted by atomic mass is 79.9. The van der Waals surface area contributed by atoms with Crippen molar-refractivity contribution in [1.29, 1.82) is 0 Å². The number of hydrogen-bond donors (Lipinski definition) is 1. The van der Waals surface area contributed by atoms with Crippen molar-refractivity contribution in [3.63, 3.8) is 0 Å². The lowest BCUT2D eigenvalue weighted by Gasteiger charge is -2.09. The molecule has 1 N–H and O–H groups in total. The zero-order chi connectivity index (χ0) is 13.2. The van der Waals surface area contributed by atoms with Gasteiger partial charge in [0.1, 0.15) is 0 Å². The van der Waals surface area contributed by atoms with Gasteiger partial charge in [0.2, 0.25) is 10.0 Å². The van der Waals surface area contributed by atoms with Gasteiger partial charge in [0.25, 0.3) is 0 Å². The predicted molar refractivity (Wildman–Crippen MR) is 77.0 cm³/mol. The highest BCUT2D eigenvalue weighted by Crippen LogP contribution is 2.29. The molecule has 2 rings (SSSR count). The average Bonchev–Trinajstić information content (AvgIpc) is 2.37. The summed E-state index contributed by atoms with van der Waals surface area (Å²) in [5.74, 6) is 0. The average molecular weight is 326 g/mol. The lowest BCUT2D eigenvalue weighted by molar-refractivity contribution is 0.586. The number of fused-ring (bicyclic) bond motifs is 1. The Morgan fingerprint density at radius 2 is 1.83 bits per heavy atom. The first-order valence-corrected chi connectivity index (χ1v) is 7.61. The fourth-order valence-electron chi connectivity index (χ4n) is 1.72. The van der Waals surface area contributed by atoms with E-state index in [4.69, 9.17) is 0 Å². The number of rotatable bonds is 4. The monoisotopic (exact) mass is 325 g/mol. The van der Waals surface area contributed by atoms with Gasteiger partial charge >= 0.3 is 0 Å². The number of benzene rings is 2. The van der Waals surface area contributed by atoms with E-state index in [0.29, 0.717) is 5.39 Å². The van der Waals surface area contributed by atoms with Gasteiger partial charge in [-0.3, -0.25) is 0 Å². The summed E-state index contributed by atoms with van der Waals surface area (Å²) >= 11 is 3.42. The quantitative estimate of drug-likeness (QED) is 0.878. The molecule has 0 saturated heterocycles. The lowest BCUT2D eigenvalue weighted by Crippen LogP contribution is -2.23. The first-order chi connectivity index (χ1) is 8.56. The summed E-state index contributed by atoms with van der Waals surface area (Å²) in [6.07, 6.45) is 1.51. The van der Waals surface area contributed by atoms with E-state index in [1.807, 2.05) is 18.2 Å². The van der Waals surface area contributed by atoms with Crippen molar-refractivity contribution in [2.75, 3.05) is 6.54 Å². The van der Waals surface area contributed by atoms with Gasteiger partial charge in [-0.2, -0.15) is 0 Å². The van der Waals surface area contributed by atoms with E-state index in [1.165, 1.54) is 6.08 Å². The molecule has 94 valence electrons. The smallest absolute Gasteiger partial charge is 0.207 e. The van der Waals surface area contributed by atoms with Crippen molar-refractivity contribution >= 4 is 36.7 Å². The Kier molecular flexibility index (Phi) is 3.85. The lowest BCUT2D eigenvalue weighted by atomic mass is 10.1. The minimum absolute atomic E-state index is 0.215. The van der Waals surface area contributed by atoms with Crippen LogP contribution in [-0.4, -0.2) is 15.0 Å². The topological polar surface area (TPSA) is 46.2 Å². The van der Waals surface area contributed by atoms with Crippen LogP contribution in [-0.2, 0) is 10.0 Å². The van der Waals surface area contributed by atoms with Crippen LogP contribution in [0.15, 0.2) is 58.4 Å². The van der Waals surface area contributed by atoms with Crippen LogP contribution >= 0.6 is 15.9 Å². The minimum atomic E-state index is -3.51. The van der Waals surface area contributed by atoms with Crippen molar-refractivity contribution in [2.45, 2.75) is 4.90 Å². The van der Waals surface area contributed by atoms with Crippen LogP contribution in [0.25, 0.3) is 10.8 Å². The van der Waals surface area contributed by atoms with Crippen LogP contribution in [0.2, 0.25) is 0 Å². The summed E-state index contributed by atoms with van der Waals surface area (Å²) in [6.45, 7) is 3.71. The van der Waals surface area contributed by atoms with E-state index in [1.54, 1.807) is 18.2 Å². The molecule has 0 heterocycles. The number of hydrogen-bond acceptors (Lipinski definition) is 2. The number of sulfonamides is 1. The summed E-state index contributed by atoms with van der Waals surface area (Å²) in [7, 11) is -3.51. The zero-order valence-corrected chi connectivity index (χ0v) is 12.0.